The van der Waals surface area contributed by atoms with Crippen LogP contribution in [0, 0.1) is 5.41 Å². The second kappa shape index (κ2) is 6.43. The van der Waals surface area contributed by atoms with Crippen molar-refractivity contribution in [2.45, 2.75) is 39.3 Å². The zero-order valence-corrected chi connectivity index (χ0v) is 11.5. The number of piperidine rings is 1. The Labute approximate surface area is 115 Å². The van der Waals surface area contributed by atoms with E-state index < -0.39 is 17.6 Å². The minimum Gasteiger partial charge on any atom is -0.466 e. The highest BCUT2D eigenvalue weighted by molar-refractivity contribution is 5.77. The van der Waals surface area contributed by atoms with Crippen LogP contribution in [0.3, 0.4) is 0 Å². The molecule has 0 N–H and O–H groups in total. The molecule has 0 bridgehead atoms. The largest absolute Gasteiger partial charge is 0.492 e. The minimum atomic E-state index is -5.01. The molecular formula is C12H18F3NO4. The Morgan fingerprint density at radius 3 is 2.15 bits per heavy atom. The van der Waals surface area contributed by atoms with Gasteiger partial charge in [0.05, 0.1) is 12.0 Å². The maximum absolute atomic E-state index is 12.1. The standard InChI is InChI=1S/C12H18F3NO4/c1-3-11(9(17)19-4-2)5-7-16(8-6-11)20-10(18)12(13,14)15/h3-8H2,1-2H3. The van der Waals surface area contributed by atoms with E-state index in [9.17, 15) is 22.8 Å². The van der Waals surface area contributed by atoms with E-state index in [4.69, 9.17) is 4.74 Å². The SMILES string of the molecule is CCOC(=O)C1(CC)CCN(OC(=O)C(F)(F)F)CC1. The van der Waals surface area contributed by atoms with E-state index in [1.165, 1.54) is 0 Å². The van der Waals surface area contributed by atoms with Crippen LogP contribution in [-0.4, -0.2) is 42.9 Å². The number of carbonyl (C=O) groups is 2. The van der Waals surface area contributed by atoms with Crippen molar-refractivity contribution in [3.8, 4) is 0 Å². The molecule has 0 aromatic heterocycles. The summed E-state index contributed by atoms with van der Waals surface area (Å²) in [6.07, 6.45) is -3.88. The number of rotatable bonds is 4. The predicted octanol–water partition coefficient (Wildman–Crippen LogP) is 2.06. The van der Waals surface area contributed by atoms with Crippen LogP contribution < -0.4 is 0 Å². The second-order valence-corrected chi connectivity index (χ2v) is 4.66. The highest BCUT2D eigenvalue weighted by Crippen LogP contribution is 2.36. The highest BCUT2D eigenvalue weighted by Gasteiger charge is 2.45. The summed E-state index contributed by atoms with van der Waals surface area (Å²) in [5, 5.41) is 0.947. The summed E-state index contributed by atoms with van der Waals surface area (Å²) in [7, 11) is 0. The molecule has 1 saturated heterocycles. The summed E-state index contributed by atoms with van der Waals surface area (Å²) in [5.41, 5.74) is -0.697. The highest BCUT2D eigenvalue weighted by atomic mass is 19.4. The van der Waals surface area contributed by atoms with Crippen LogP contribution in [0.1, 0.15) is 33.1 Å². The summed E-state index contributed by atoms with van der Waals surface area (Å²) in [4.78, 5) is 26.9. The molecule has 0 aliphatic carbocycles. The minimum absolute atomic E-state index is 0.0779. The third-order valence-corrected chi connectivity index (χ3v) is 3.51. The normalized spacial score (nSPS) is 19.4. The molecular weight excluding hydrogens is 279 g/mol. The lowest BCUT2D eigenvalue weighted by atomic mass is 9.76. The van der Waals surface area contributed by atoms with Gasteiger partial charge in [0.15, 0.2) is 0 Å². The van der Waals surface area contributed by atoms with Gasteiger partial charge in [0.25, 0.3) is 0 Å². The molecule has 0 unspecified atom stereocenters. The maximum Gasteiger partial charge on any atom is 0.492 e. The van der Waals surface area contributed by atoms with Crippen molar-refractivity contribution < 1.29 is 32.3 Å². The first-order valence-electron chi connectivity index (χ1n) is 6.46. The van der Waals surface area contributed by atoms with Gasteiger partial charge in [-0.25, -0.2) is 4.79 Å². The van der Waals surface area contributed by atoms with Gasteiger partial charge in [0, 0.05) is 13.1 Å². The predicted molar refractivity (Wildman–Crippen MR) is 62.3 cm³/mol. The molecule has 0 aromatic rings. The van der Waals surface area contributed by atoms with Crippen molar-refractivity contribution in [3.63, 3.8) is 0 Å². The van der Waals surface area contributed by atoms with Crippen LogP contribution in [0.2, 0.25) is 0 Å². The molecule has 1 aliphatic rings. The Morgan fingerprint density at radius 2 is 1.75 bits per heavy atom. The van der Waals surface area contributed by atoms with Gasteiger partial charge in [-0.15, -0.1) is 5.06 Å². The van der Waals surface area contributed by atoms with E-state index >= 15 is 0 Å². The topological polar surface area (TPSA) is 55.8 Å². The first kappa shape index (κ1) is 16.7. The number of nitrogens with zero attached hydrogens (tertiary/aromatic N) is 1. The average Bonchev–Trinajstić information content (AvgIpc) is 2.39. The summed E-state index contributed by atoms with van der Waals surface area (Å²) in [6.45, 7) is 3.94. The molecule has 8 heteroatoms. The Morgan fingerprint density at radius 1 is 1.20 bits per heavy atom. The molecule has 0 aromatic carbocycles. The molecule has 116 valence electrons. The number of alkyl halides is 3. The number of hydroxylamine groups is 2. The Kier molecular flexibility index (Phi) is 5.38. The number of halogens is 3. The molecule has 0 atom stereocenters. The maximum atomic E-state index is 12.1. The van der Waals surface area contributed by atoms with E-state index in [1.54, 1.807) is 6.92 Å². The van der Waals surface area contributed by atoms with Crippen molar-refractivity contribution >= 4 is 11.9 Å². The lowest BCUT2D eigenvalue weighted by molar-refractivity contribution is -0.244. The summed E-state index contributed by atoms with van der Waals surface area (Å²) < 4.78 is 41.2. The van der Waals surface area contributed by atoms with E-state index in [-0.39, 0.29) is 25.7 Å². The van der Waals surface area contributed by atoms with E-state index in [0.717, 1.165) is 5.06 Å². The monoisotopic (exact) mass is 297 g/mol. The van der Waals surface area contributed by atoms with E-state index in [0.29, 0.717) is 19.3 Å². The number of esters is 1. The van der Waals surface area contributed by atoms with Crippen LogP contribution in [-0.2, 0) is 19.2 Å². The third kappa shape index (κ3) is 3.84. The van der Waals surface area contributed by atoms with Crippen LogP contribution in [0.15, 0.2) is 0 Å². The van der Waals surface area contributed by atoms with E-state index in [2.05, 4.69) is 4.84 Å². The number of hydrogen-bond donors (Lipinski definition) is 0. The fraction of sp³-hybridized carbons (Fsp3) is 0.833. The molecule has 0 saturated carbocycles. The van der Waals surface area contributed by atoms with Gasteiger partial charge in [0.2, 0.25) is 0 Å². The Balaban J connectivity index is 2.58. The van der Waals surface area contributed by atoms with Crippen molar-refractivity contribution in [2.75, 3.05) is 19.7 Å². The van der Waals surface area contributed by atoms with Gasteiger partial charge in [0.1, 0.15) is 0 Å². The smallest absolute Gasteiger partial charge is 0.466 e. The first-order valence-corrected chi connectivity index (χ1v) is 6.46. The van der Waals surface area contributed by atoms with Crippen molar-refractivity contribution in [3.05, 3.63) is 0 Å². The van der Waals surface area contributed by atoms with Gasteiger partial charge in [-0.1, -0.05) is 6.92 Å². The number of carbonyl (C=O) groups excluding carboxylic acids is 2. The fourth-order valence-electron chi connectivity index (χ4n) is 2.16. The van der Waals surface area contributed by atoms with Gasteiger partial charge in [-0.2, -0.15) is 13.2 Å². The second-order valence-electron chi connectivity index (χ2n) is 4.66. The van der Waals surface area contributed by atoms with Gasteiger partial charge in [-0.05, 0) is 26.2 Å². The van der Waals surface area contributed by atoms with Gasteiger partial charge < -0.3 is 9.57 Å². The molecule has 20 heavy (non-hydrogen) atoms. The molecule has 0 spiro atoms. The zero-order chi connectivity index (χ0) is 15.4. The van der Waals surface area contributed by atoms with Gasteiger partial charge >= 0.3 is 18.1 Å². The lowest BCUT2D eigenvalue weighted by Crippen LogP contribution is -2.46. The van der Waals surface area contributed by atoms with Crippen molar-refractivity contribution in [1.82, 2.24) is 5.06 Å². The molecule has 0 amide bonds. The van der Waals surface area contributed by atoms with Crippen LogP contribution in [0.25, 0.3) is 0 Å². The van der Waals surface area contributed by atoms with Crippen LogP contribution in [0.4, 0.5) is 13.2 Å². The quantitative estimate of drug-likeness (QED) is 0.743. The summed E-state index contributed by atoms with van der Waals surface area (Å²) >= 11 is 0. The molecule has 0 radical (unpaired) electrons. The molecule has 1 rings (SSSR count). The molecule has 1 heterocycles. The average molecular weight is 297 g/mol. The van der Waals surface area contributed by atoms with E-state index in [1.807, 2.05) is 6.92 Å². The summed E-state index contributed by atoms with van der Waals surface area (Å²) in [6, 6.07) is 0. The summed E-state index contributed by atoms with van der Waals surface area (Å²) in [5.74, 6) is -2.58. The lowest BCUT2D eigenvalue weighted by Gasteiger charge is -2.38. The number of ether oxygens (including phenoxy) is 1. The molecule has 5 nitrogen and oxygen atoms in total. The van der Waals surface area contributed by atoms with Crippen LogP contribution in [0.5, 0.6) is 0 Å². The van der Waals surface area contributed by atoms with Gasteiger partial charge in [-0.3, -0.25) is 4.79 Å². The molecule has 1 aliphatic heterocycles. The Hall–Kier alpha value is -1.31. The first-order chi connectivity index (χ1) is 9.25. The molecule has 1 fully saturated rings. The Bertz CT molecular complexity index is 362. The zero-order valence-electron chi connectivity index (χ0n) is 11.5. The van der Waals surface area contributed by atoms with Crippen LogP contribution >= 0.6 is 0 Å². The third-order valence-electron chi connectivity index (χ3n) is 3.51. The van der Waals surface area contributed by atoms with Crippen molar-refractivity contribution in [2.24, 2.45) is 5.41 Å². The number of hydrogen-bond acceptors (Lipinski definition) is 5. The van der Waals surface area contributed by atoms with Crippen molar-refractivity contribution in [1.29, 1.82) is 0 Å². The fourth-order valence-corrected chi connectivity index (χ4v) is 2.16.